The molecule has 0 aliphatic carbocycles. The van der Waals surface area contributed by atoms with E-state index in [-0.39, 0.29) is 31.1 Å². The zero-order chi connectivity index (χ0) is 13.0. The van der Waals surface area contributed by atoms with Gasteiger partial charge in [-0.05, 0) is 25.8 Å². The molecule has 1 unspecified atom stereocenters. The molecule has 18 heavy (non-hydrogen) atoms. The fourth-order valence-corrected chi connectivity index (χ4v) is 2.71. The van der Waals surface area contributed by atoms with Crippen molar-refractivity contribution in [2.24, 2.45) is 0 Å². The minimum atomic E-state index is -0.282. The van der Waals surface area contributed by atoms with E-state index in [1.54, 1.807) is 0 Å². The number of hydrogen-bond acceptors (Lipinski definition) is 4. The summed E-state index contributed by atoms with van der Waals surface area (Å²) in [6.07, 6.45) is 3.97. The topological polar surface area (TPSA) is 72.9 Å². The summed E-state index contributed by atoms with van der Waals surface area (Å²) >= 11 is 0. The van der Waals surface area contributed by atoms with Crippen LogP contribution in [0.2, 0.25) is 0 Å². The number of imide groups is 1. The maximum Gasteiger partial charge on any atom is 0.324 e. The Hall–Kier alpha value is -1.14. The highest BCUT2D eigenvalue weighted by atomic mass is 16.3. The summed E-state index contributed by atoms with van der Waals surface area (Å²) in [6, 6.07) is -0.00548. The third-order valence-electron chi connectivity index (χ3n) is 3.71. The van der Waals surface area contributed by atoms with E-state index in [0.29, 0.717) is 19.5 Å². The number of likely N-dealkylation sites (tertiary alicyclic amines) is 1. The summed E-state index contributed by atoms with van der Waals surface area (Å²) in [7, 11) is 0. The van der Waals surface area contributed by atoms with Gasteiger partial charge in [-0.2, -0.15) is 0 Å². The summed E-state index contributed by atoms with van der Waals surface area (Å²) in [6.45, 7) is 2.34. The van der Waals surface area contributed by atoms with Crippen LogP contribution in [0.3, 0.4) is 0 Å². The lowest BCUT2D eigenvalue weighted by atomic mass is 9.99. The first-order valence-electron chi connectivity index (χ1n) is 6.65. The smallest absolute Gasteiger partial charge is 0.324 e. The van der Waals surface area contributed by atoms with Gasteiger partial charge in [0, 0.05) is 25.7 Å². The van der Waals surface area contributed by atoms with Crippen molar-refractivity contribution in [3.05, 3.63) is 0 Å². The van der Waals surface area contributed by atoms with Crippen molar-refractivity contribution in [2.45, 2.75) is 31.7 Å². The Labute approximate surface area is 107 Å². The molecule has 0 saturated carbocycles. The van der Waals surface area contributed by atoms with Crippen molar-refractivity contribution in [1.82, 2.24) is 15.1 Å². The lowest BCUT2D eigenvalue weighted by molar-refractivity contribution is -0.129. The van der Waals surface area contributed by atoms with E-state index in [0.717, 1.165) is 25.8 Å². The van der Waals surface area contributed by atoms with Crippen LogP contribution in [0.1, 0.15) is 25.7 Å². The van der Waals surface area contributed by atoms with Gasteiger partial charge >= 0.3 is 6.03 Å². The minimum Gasteiger partial charge on any atom is -0.396 e. The standard InChI is InChI=1S/C12H21N3O3/c16-8-4-10-3-1-2-6-14(10)9-11(17)15-7-5-13-12(15)18/h10,16H,1-9H2,(H,13,18). The van der Waals surface area contributed by atoms with E-state index < -0.39 is 0 Å². The van der Waals surface area contributed by atoms with Crippen LogP contribution in [0.15, 0.2) is 0 Å². The van der Waals surface area contributed by atoms with Gasteiger partial charge in [-0.25, -0.2) is 4.79 Å². The summed E-state index contributed by atoms with van der Waals surface area (Å²) in [5.41, 5.74) is 0. The molecular formula is C12H21N3O3. The molecule has 0 aromatic carbocycles. The largest absolute Gasteiger partial charge is 0.396 e. The van der Waals surface area contributed by atoms with Gasteiger partial charge in [0.05, 0.1) is 6.54 Å². The van der Waals surface area contributed by atoms with Crippen molar-refractivity contribution in [3.8, 4) is 0 Å². The Morgan fingerprint density at radius 3 is 2.89 bits per heavy atom. The molecule has 3 amide bonds. The predicted molar refractivity (Wildman–Crippen MR) is 66.0 cm³/mol. The minimum absolute atomic E-state index is 0.130. The molecule has 2 saturated heterocycles. The molecule has 0 bridgehead atoms. The van der Waals surface area contributed by atoms with Gasteiger partial charge in [-0.15, -0.1) is 0 Å². The molecule has 2 heterocycles. The van der Waals surface area contributed by atoms with Crippen molar-refractivity contribution in [3.63, 3.8) is 0 Å². The molecule has 0 radical (unpaired) electrons. The molecule has 0 aromatic heterocycles. The highest BCUT2D eigenvalue weighted by Gasteiger charge is 2.30. The SMILES string of the molecule is O=C(CN1CCCCC1CCO)N1CCNC1=O. The van der Waals surface area contributed by atoms with E-state index in [1.807, 2.05) is 0 Å². The number of amides is 3. The molecule has 6 nitrogen and oxygen atoms in total. The fourth-order valence-electron chi connectivity index (χ4n) is 2.71. The van der Waals surface area contributed by atoms with E-state index in [9.17, 15) is 9.59 Å². The van der Waals surface area contributed by atoms with Crippen LogP contribution < -0.4 is 5.32 Å². The van der Waals surface area contributed by atoms with Crippen LogP contribution in [-0.4, -0.2) is 65.7 Å². The highest BCUT2D eigenvalue weighted by molar-refractivity contribution is 5.96. The van der Waals surface area contributed by atoms with Gasteiger partial charge in [0.25, 0.3) is 0 Å². The third-order valence-corrected chi connectivity index (χ3v) is 3.71. The lowest BCUT2D eigenvalue weighted by Gasteiger charge is -2.35. The molecule has 2 aliphatic heterocycles. The molecule has 102 valence electrons. The molecule has 2 rings (SSSR count). The van der Waals surface area contributed by atoms with Gasteiger partial charge in [0.1, 0.15) is 0 Å². The van der Waals surface area contributed by atoms with Gasteiger partial charge in [0.2, 0.25) is 5.91 Å². The van der Waals surface area contributed by atoms with Gasteiger partial charge in [-0.3, -0.25) is 14.6 Å². The number of carbonyl (C=O) groups is 2. The number of piperidine rings is 1. The summed E-state index contributed by atoms with van der Waals surface area (Å²) in [5, 5.41) is 11.7. The van der Waals surface area contributed by atoms with Crippen molar-refractivity contribution in [2.75, 3.05) is 32.8 Å². The molecule has 2 fully saturated rings. The summed E-state index contributed by atoms with van der Waals surface area (Å²) in [5.74, 6) is -0.130. The monoisotopic (exact) mass is 255 g/mol. The number of nitrogens with one attached hydrogen (secondary N) is 1. The number of urea groups is 1. The normalized spacial score (nSPS) is 25.3. The van der Waals surface area contributed by atoms with E-state index in [4.69, 9.17) is 5.11 Å². The number of aliphatic hydroxyl groups excluding tert-OH is 1. The Morgan fingerprint density at radius 1 is 1.39 bits per heavy atom. The molecule has 0 aromatic rings. The van der Waals surface area contributed by atoms with Crippen molar-refractivity contribution < 1.29 is 14.7 Å². The van der Waals surface area contributed by atoms with Crippen LogP contribution in [0.25, 0.3) is 0 Å². The molecular weight excluding hydrogens is 234 g/mol. The maximum absolute atomic E-state index is 12.0. The van der Waals surface area contributed by atoms with E-state index >= 15 is 0 Å². The first kappa shape index (κ1) is 13.3. The van der Waals surface area contributed by atoms with Crippen LogP contribution in [0.5, 0.6) is 0 Å². The number of aliphatic hydroxyl groups is 1. The molecule has 2 N–H and O–H groups in total. The molecule has 2 aliphatic rings. The average molecular weight is 255 g/mol. The highest BCUT2D eigenvalue weighted by Crippen LogP contribution is 2.19. The number of carbonyl (C=O) groups excluding carboxylic acids is 2. The summed E-state index contributed by atoms with van der Waals surface area (Å²) in [4.78, 5) is 26.8. The Morgan fingerprint density at radius 2 is 2.22 bits per heavy atom. The van der Waals surface area contributed by atoms with Crippen LogP contribution in [0, 0.1) is 0 Å². The first-order valence-corrected chi connectivity index (χ1v) is 6.65. The Bertz CT molecular complexity index is 320. The molecule has 6 heteroatoms. The van der Waals surface area contributed by atoms with Gasteiger partial charge < -0.3 is 10.4 Å². The van der Waals surface area contributed by atoms with E-state index in [1.165, 1.54) is 4.90 Å². The Kier molecular flexibility index (Phi) is 4.54. The maximum atomic E-state index is 12.0. The third kappa shape index (κ3) is 3.00. The molecule has 1 atom stereocenters. The number of nitrogens with zero attached hydrogens (tertiary/aromatic N) is 2. The predicted octanol–water partition coefficient (Wildman–Crippen LogP) is -0.225. The second-order valence-corrected chi connectivity index (χ2v) is 4.91. The van der Waals surface area contributed by atoms with Crippen LogP contribution >= 0.6 is 0 Å². The first-order chi connectivity index (χ1) is 8.72. The lowest BCUT2D eigenvalue weighted by Crippen LogP contribution is -2.47. The Balaban J connectivity index is 1.89. The zero-order valence-electron chi connectivity index (χ0n) is 10.6. The van der Waals surface area contributed by atoms with Crippen LogP contribution in [0.4, 0.5) is 4.79 Å². The number of rotatable bonds is 4. The van der Waals surface area contributed by atoms with Gasteiger partial charge in [-0.1, -0.05) is 6.42 Å². The second kappa shape index (κ2) is 6.15. The van der Waals surface area contributed by atoms with Gasteiger partial charge in [0.15, 0.2) is 0 Å². The average Bonchev–Trinajstić information content (AvgIpc) is 2.78. The second-order valence-electron chi connectivity index (χ2n) is 4.91. The fraction of sp³-hybridized carbons (Fsp3) is 0.833. The van der Waals surface area contributed by atoms with E-state index in [2.05, 4.69) is 10.2 Å². The number of hydrogen-bond donors (Lipinski definition) is 2. The summed E-state index contributed by atoms with van der Waals surface area (Å²) < 4.78 is 0. The van der Waals surface area contributed by atoms with Crippen LogP contribution in [-0.2, 0) is 4.79 Å². The quantitative estimate of drug-likeness (QED) is 0.728. The zero-order valence-corrected chi connectivity index (χ0v) is 10.6. The van der Waals surface area contributed by atoms with Crippen molar-refractivity contribution >= 4 is 11.9 Å². The van der Waals surface area contributed by atoms with Crippen molar-refractivity contribution in [1.29, 1.82) is 0 Å². The molecule has 0 spiro atoms.